The van der Waals surface area contributed by atoms with Gasteiger partial charge in [-0.15, -0.1) is 0 Å². The summed E-state index contributed by atoms with van der Waals surface area (Å²) in [5.74, 6) is 4.19. The molecule has 0 bridgehead atoms. The molecule has 1 N–H and O–H groups in total. The standard InChI is InChI=1S/C29H49NO3/c1-28-17-16-22(31)18-21(28)12-13-23-24-14-15-25(32)29(24,2)19-20(27(23)28)10-8-6-5-7-9-11-26(33)30(3)4/h20-21,23-25,27,32H,5-19H2,1-4H3/t20-,21-,23-,24-,25-,27-,28-,29-/m0/s1. The number of carbonyl (C=O) groups excluding carboxylic acids is 2. The number of nitrogens with zero attached hydrogens (tertiary/aromatic N) is 1. The monoisotopic (exact) mass is 459 g/mol. The van der Waals surface area contributed by atoms with Gasteiger partial charge in [-0.1, -0.05) is 46.0 Å². The first-order chi connectivity index (χ1) is 15.7. The van der Waals surface area contributed by atoms with Crippen molar-refractivity contribution in [2.45, 2.75) is 116 Å². The lowest BCUT2D eigenvalue weighted by molar-refractivity contribution is -0.159. The smallest absolute Gasteiger partial charge is 0.222 e. The summed E-state index contributed by atoms with van der Waals surface area (Å²) in [7, 11) is 3.68. The molecular formula is C29H49NO3. The van der Waals surface area contributed by atoms with Crippen LogP contribution in [0, 0.1) is 40.4 Å². The molecule has 0 saturated heterocycles. The van der Waals surface area contributed by atoms with Gasteiger partial charge in [-0.2, -0.15) is 0 Å². The zero-order valence-electron chi connectivity index (χ0n) is 21.8. The Bertz CT molecular complexity index is 720. The number of aliphatic hydroxyl groups excluding tert-OH is 1. The van der Waals surface area contributed by atoms with Crippen molar-refractivity contribution in [2.75, 3.05) is 14.1 Å². The van der Waals surface area contributed by atoms with Crippen LogP contribution in [0.3, 0.4) is 0 Å². The highest BCUT2D eigenvalue weighted by atomic mass is 16.3. The lowest BCUT2D eigenvalue weighted by atomic mass is 9.42. The molecule has 1 amide bonds. The lowest BCUT2D eigenvalue weighted by Crippen LogP contribution is -2.57. The summed E-state index contributed by atoms with van der Waals surface area (Å²) in [5, 5.41) is 11.0. The Morgan fingerprint density at radius 1 is 1.00 bits per heavy atom. The topological polar surface area (TPSA) is 57.6 Å². The molecule has 4 aliphatic rings. The highest BCUT2D eigenvalue weighted by Crippen LogP contribution is 2.68. The number of aliphatic hydroxyl groups is 1. The minimum absolute atomic E-state index is 0.103. The fourth-order valence-electron chi connectivity index (χ4n) is 9.14. The zero-order valence-corrected chi connectivity index (χ0v) is 21.8. The molecule has 4 rings (SSSR count). The summed E-state index contributed by atoms with van der Waals surface area (Å²) in [5.41, 5.74) is 0.426. The van der Waals surface area contributed by atoms with Crippen LogP contribution in [0.1, 0.15) is 110 Å². The third-order valence-corrected chi connectivity index (χ3v) is 11.0. The van der Waals surface area contributed by atoms with Crippen LogP contribution in [0.25, 0.3) is 0 Å². The van der Waals surface area contributed by atoms with Crippen LogP contribution in [0.2, 0.25) is 0 Å². The number of Topliss-reactive ketones (excluding diaryl/α,β-unsaturated/α-hetero) is 1. The number of fused-ring (bicyclic) bond motifs is 5. The molecule has 4 fully saturated rings. The Hall–Kier alpha value is -0.900. The van der Waals surface area contributed by atoms with Crippen molar-refractivity contribution in [2.24, 2.45) is 40.4 Å². The van der Waals surface area contributed by atoms with Crippen LogP contribution < -0.4 is 0 Å². The highest BCUT2D eigenvalue weighted by Gasteiger charge is 2.62. The molecule has 0 unspecified atom stereocenters. The van der Waals surface area contributed by atoms with E-state index in [1.807, 2.05) is 14.1 Å². The largest absolute Gasteiger partial charge is 0.393 e. The molecule has 4 aliphatic carbocycles. The van der Waals surface area contributed by atoms with E-state index >= 15 is 0 Å². The van der Waals surface area contributed by atoms with Gasteiger partial charge >= 0.3 is 0 Å². The molecule has 0 aromatic carbocycles. The van der Waals surface area contributed by atoms with Crippen LogP contribution in [-0.2, 0) is 9.59 Å². The molecular weight excluding hydrogens is 410 g/mol. The van der Waals surface area contributed by atoms with Gasteiger partial charge in [0.1, 0.15) is 5.78 Å². The molecule has 0 aromatic rings. The molecule has 33 heavy (non-hydrogen) atoms. The SMILES string of the molecule is CN(C)C(=O)CCCCCCC[C@H]1C[C@]2(C)[C@@H](O)CC[C@H]2[C@@H]2CC[C@H]3CC(=O)CC[C@]3(C)[C@@H]12. The third kappa shape index (κ3) is 4.80. The number of unbranched alkanes of at least 4 members (excludes halogenated alkanes) is 4. The first-order valence-corrected chi connectivity index (χ1v) is 14.1. The number of rotatable bonds is 8. The Morgan fingerprint density at radius 2 is 1.73 bits per heavy atom. The van der Waals surface area contributed by atoms with Crippen molar-refractivity contribution < 1.29 is 14.7 Å². The summed E-state index contributed by atoms with van der Waals surface area (Å²) in [6, 6.07) is 0. The molecule has 0 aromatic heterocycles. The van der Waals surface area contributed by atoms with Crippen LogP contribution in [0.5, 0.6) is 0 Å². The van der Waals surface area contributed by atoms with Gasteiger partial charge in [0.05, 0.1) is 6.10 Å². The fourth-order valence-corrected chi connectivity index (χ4v) is 9.14. The summed E-state index contributed by atoms with van der Waals surface area (Å²) in [6.45, 7) is 4.95. The van der Waals surface area contributed by atoms with E-state index in [0.717, 1.165) is 50.4 Å². The predicted octanol–water partition coefficient (Wildman–Crippen LogP) is 6.00. The Morgan fingerprint density at radius 3 is 2.48 bits per heavy atom. The van der Waals surface area contributed by atoms with Crippen molar-refractivity contribution >= 4 is 11.7 Å². The van der Waals surface area contributed by atoms with Gasteiger partial charge in [0.15, 0.2) is 0 Å². The van der Waals surface area contributed by atoms with Crippen molar-refractivity contribution in [1.29, 1.82) is 0 Å². The average Bonchev–Trinajstić information content (AvgIpc) is 3.07. The van der Waals surface area contributed by atoms with Crippen LogP contribution in [0.15, 0.2) is 0 Å². The number of hydrogen-bond donors (Lipinski definition) is 1. The maximum absolute atomic E-state index is 12.3. The van der Waals surface area contributed by atoms with Crippen LogP contribution in [0.4, 0.5) is 0 Å². The van der Waals surface area contributed by atoms with E-state index in [2.05, 4.69) is 13.8 Å². The van der Waals surface area contributed by atoms with Gasteiger partial charge in [0, 0.05) is 33.4 Å². The molecule has 0 aliphatic heterocycles. The van der Waals surface area contributed by atoms with E-state index in [9.17, 15) is 14.7 Å². The average molecular weight is 460 g/mol. The maximum Gasteiger partial charge on any atom is 0.222 e. The van der Waals surface area contributed by atoms with E-state index in [1.165, 1.54) is 51.4 Å². The quantitative estimate of drug-likeness (QED) is 0.453. The minimum Gasteiger partial charge on any atom is -0.393 e. The van der Waals surface area contributed by atoms with E-state index in [1.54, 1.807) is 4.90 Å². The first kappa shape index (κ1) is 25.2. The highest BCUT2D eigenvalue weighted by molar-refractivity contribution is 5.79. The molecule has 0 spiro atoms. The molecule has 4 heteroatoms. The molecule has 8 atom stereocenters. The number of hydrogen-bond acceptors (Lipinski definition) is 3. The van der Waals surface area contributed by atoms with Gasteiger partial charge < -0.3 is 10.0 Å². The third-order valence-electron chi connectivity index (χ3n) is 11.0. The van der Waals surface area contributed by atoms with Gasteiger partial charge in [0.2, 0.25) is 5.91 Å². The number of amides is 1. The second-order valence-corrected chi connectivity index (χ2v) is 13.0. The van der Waals surface area contributed by atoms with E-state index < -0.39 is 0 Å². The summed E-state index contributed by atoms with van der Waals surface area (Å²) in [6.07, 6.45) is 16.3. The van der Waals surface area contributed by atoms with E-state index in [0.29, 0.717) is 35.4 Å². The van der Waals surface area contributed by atoms with Crippen molar-refractivity contribution in [3.05, 3.63) is 0 Å². The van der Waals surface area contributed by atoms with Gasteiger partial charge in [0.25, 0.3) is 0 Å². The molecule has 0 radical (unpaired) electrons. The van der Waals surface area contributed by atoms with Crippen molar-refractivity contribution in [3.8, 4) is 0 Å². The Labute approximate surface area is 202 Å². The molecule has 188 valence electrons. The minimum atomic E-state index is -0.126. The summed E-state index contributed by atoms with van der Waals surface area (Å²) >= 11 is 0. The molecule has 4 nitrogen and oxygen atoms in total. The number of carbonyl (C=O) groups is 2. The van der Waals surface area contributed by atoms with E-state index in [4.69, 9.17) is 0 Å². The lowest BCUT2D eigenvalue weighted by Gasteiger charge is -2.62. The first-order valence-electron chi connectivity index (χ1n) is 14.1. The van der Waals surface area contributed by atoms with Gasteiger partial charge in [-0.3, -0.25) is 9.59 Å². The van der Waals surface area contributed by atoms with Crippen molar-refractivity contribution in [3.63, 3.8) is 0 Å². The van der Waals surface area contributed by atoms with Gasteiger partial charge in [-0.05, 0) is 85.4 Å². The second-order valence-electron chi connectivity index (χ2n) is 13.0. The maximum atomic E-state index is 12.3. The zero-order chi connectivity index (χ0) is 23.8. The summed E-state index contributed by atoms with van der Waals surface area (Å²) in [4.78, 5) is 25.8. The molecule has 0 heterocycles. The fraction of sp³-hybridized carbons (Fsp3) is 0.931. The Kier molecular flexibility index (Phi) is 7.63. The van der Waals surface area contributed by atoms with Crippen LogP contribution >= 0.6 is 0 Å². The molecule has 4 saturated carbocycles. The normalized spacial score (nSPS) is 42.4. The predicted molar refractivity (Wildman–Crippen MR) is 133 cm³/mol. The second kappa shape index (κ2) is 9.99. The van der Waals surface area contributed by atoms with Crippen LogP contribution in [-0.4, -0.2) is 41.9 Å². The van der Waals surface area contributed by atoms with E-state index in [-0.39, 0.29) is 17.4 Å². The Balaban J connectivity index is 1.39. The number of ketones is 1. The van der Waals surface area contributed by atoms with Crippen molar-refractivity contribution in [1.82, 2.24) is 4.90 Å². The van der Waals surface area contributed by atoms with Gasteiger partial charge in [-0.25, -0.2) is 0 Å². The summed E-state index contributed by atoms with van der Waals surface area (Å²) < 4.78 is 0.